The van der Waals surface area contributed by atoms with Crippen LogP contribution >= 0.6 is 35.0 Å². The SMILES string of the molecule is CC1OCC2(CCN(c3cc(C(N)=O)c(Sc4cccc(Cl)c4Cl)c4ncnn34)CC2)[C@@H]1N. The number of rotatable bonds is 4. The van der Waals surface area contributed by atoms with E-state index in [9.17, 15) is 4.79 Å². The first-order chi connectivity index (χ1) is 15.8. The Labute approximate surface area is 205 Å². The van der Waals surface area contributed by atoms with Gasteiger partial charge in [-0.1, -0.05) is 41.0 Å². The van der Waals surface area contributed by atoms with Crippen LogP contribution in [0.1, 0.15) is 30.1 Å². The van der Waals surface area contributed by atoms with Gasteiger partial charge in [-0.05, 0) is 38.0 Å². The number of ether oxygens (including phenoxy) is 1. The summed E-state index contributed by atoms with van der Waals surface area (Å²) in [5.41, 5.74) is 13.2. The Balaban J connectivity index is 1.52. The van der Waals surface area contributed by atoms with Gasteiger partial charge in [-0.15, -0.1) is 0 Å². The smallest absolute Gasteiger partial charge is 0.250 e. The lowest BCUT2D eigenvalue weighted by atomic mass is 9.73. The number of fused-ring (bicyclic) bond motifs is 1. The number of pyridine rings is 1. The molecule has 5 rings (SSSR count). The zero-order chi connectivity index (χ0) is 23.3. The minimum atomic E-state index is -0.545. The van der Waals surface area contributed by atoms with Gasteiger partial charge in [-0.3, -0.25) is 4.79 Å². The lowest BCUT2D eigenvalue weighted by Crippen LogP contribution is -2.51. The Morgan fingerprint density at radius 3 is 2.73 bits per heavy atom. The fraction of sp³-hybridized carbons (Fsp3) is 0.409. The molecule has 8 nitrogen and oxygen atoms in total. The summed E-state index contributed by atoms with van der Waals surface area (Å²) in [6.45, 7) is 4.25. The molecule has 0 aliphatic carbocycles. The number of primary amides is 1. The summed E-state index contributed by atoms with van der Waals surface area (Å²) < 4.78 is 7.59. The highest BCUT2D eigenvalue weighted by atomic mass is 35.5. The molecule has 1 spiro atoms. The van der Waals surface area contributed by atoms with E-state index in [0.29, 0.717) is 37.7 Å². The maximum absolute atomic E-state index is 12.5. The Bertz CT molecular complexity index is 1230. The van der Waals surface area contributed by atoms with Crippen LogP contribution < -0.4 is 16.4 Å². The Hall–Kier alpha value is -2.04. The summed E-state index contributed by atoms with van der Waals surface area (Å²) in [6, 6.07) is 7.16. The van der Waals surface area contributed by atoms with E-state index >= 15 is 0 Å². The third-order valence-corrected chi connectivity index (χ3v) is 8.91. The topological polar surface area (TPSA) is 112 Å². The van der Waals surface area contributed by atoms with E-state index in [0.717, 1.165) is 31.7 Å². The standard InChI is InChI=1S/C22H24Cl2N6O2S/c1-12-19(25)22(10-32-12)5-7-29(8-6-22)16-9-13(20(26)31)18(21-27-11-28-30(16)21)33-15-4-2-3-14(23)17(15)24/h2-4,9,11-12,19H,5-8,10,25H2,1H3,(H2,26,31)/t12?,19-/m1/s1. The zero-order valence-electron chi connectivity index (χ0n) is 18.0. The molecule has 2 atom stereocenters. The molecule has 174 valence electrons. The second kappa shape index (κ2) is 8.63. The van der Waals surface area contributed by atoms with E-state index in [4.69, 9.17) is 39.4 Å². The first-order valence-corrected chi connectivity index (χ1v) is 12.3. The second-order valence-electron chi connectivity index (χ2n) is 8.65. The molecule has 2 aliphatic heterocycles. The van der Waals surface area contributed by atoms with Crippen LogP contribution in [-0.4, -0.2) is 52.3 Å². The number of carbonyl (C=O) groups is 1. The molecule has 4 heterocycles. The molecule has 3 aromatic rings. The van der Waals surface area contributed by atoms with Crippen LogP contribution in [0.25, 0.3) is 5.65 Å². The van der Waals surface area contributed by atoms with Crippen LogP contribution in [0.15, 0.2) is 40.4 Å². The van der Waals surface area contributed by atoms with E-state index in [1.54, 1.807) is 22.7 Å². The molecule has 2 aliphatic rings. The minimum absolute atomic E-state index is 0.0109. The van der Waals surface area contributed by atoms with Crippen molar-refractivity contribution in [3.8, 4) is 0 Å². The van der Waals surface area contributed by atoms with Gasteiger partial charge >= 0.3 is 0 Å². The molecular formula is C22H24Cl2N6O2S. The Morgan fingerprint density at radius 2 is 2.06 bits per heavy atom. The van der Waals surface area contributed by atoms with Crippen LogP contribution in [0.2, 0.25) is 10.0 Å². The van der Waals surface area contributed by atoms with Crippen molar-refractivity contribution in [3.63, 3.8) is 0 Å². The average molecular weight is 507 g/mol. The molecule has 33 heavy (non-hydrogen) atoms. The number of hydrogen-bond acceptors (Lipinski definition) is 7. The molecule has 1 amide bonds. The van der Waals surface area contributed by atoms with E-state index in [1.807, 2.05) is 13.0 Å². The van der Waals surface area contributed by atoms with Crippen LogP contribution in [0.3, 0.4) is 0 Å². The summed E-state index contributed by atoms with van der Waals surface area (Å²) in [5, 5.41) is 5.28. The molecule has 1 unspecified atom stereocenters. The number of nitrogens with zero attached hydrogens (tertiary/aromatic N) is 4. The summed E-state index contributed by atoms with van der Waals surface area (Å²) in [5.74, 6) is 0.226. The monoisotopic (exact) mass is 506 g/mol. The van der Waals surface area contributed by atoms with Crippen molar-refractivity contribution in [2.75, 3.05) is 24.6 Å². The lowest BCUT2D eigenvalue weighted by Gasteiger charge is -2.42. The molecule has 2 aromatic heterocycles. The van der Waals surface area contributed by atoms with Crippen molar-refractivity contribution in [1.82, 2.24) is 14.6 Å². The molecule has 0 bridgehead atoms. The minimum Gasteiger partial charge on any atom is -0.376 e. The number of benzene rings is 1. The number of anilines is 1. The molecular weight excluding hydrogens is 483 g/mol. The van der Waals surface area contributed by atoms with E-state index in [-0.39, 0.29) is 17.6 Å². The van der Waals surface area contributed by atoms with Gasteiger partial charge in [-0.25, -0.2) is 4.98 Å². The summed E-state index contributed by atoms with van der Waals surface area (Å²) >= 11 is 13.9. The molecule has 2 fully saturated rings. The third-order valence-electron chi connectivity index (χ3n) is 6.81. The normalized spacial score (nSPS) is 22.4. The van der Waals surface area contributed by atoms with Gasteiger partial charge in [0.15, 0.2) is 5.65 Å². The number of aromatic nitrogens is 3. The van der Waals surface area contributed by atoms with Crippen LogP contribution in [0.4, 0.5) is 5.82 Å². The van der Waals surface area contributed by atoms with Gasteiger partial charge in [0.05, 0.1) is 33.2 Å². The molecule has 0 radical (unpaired) electrons. The highest BCUT2D eigenvalue weighted by Gasteiger charge is 2.47. The molecule has 4 N–H and O–H groups in total. The predicted molar refractivity (Wildman–Crippen MR) is 129 cm³/mol. The van der Waals surface area contributed by atoms with Gasteiger partial charge in [-0.2, -0.15) is 9.61 Å². The van der Waals surface area contributed by atoms with Crippen molar-refractivity contribution in [2.45, 2.75) is 41.7 Å². The number of nitrogens with two attached hydrogens (primary N) is 2. The first-order valence-electron chi connectivity index (χ1n) is 10.7. The van der Waals surface area contributed by atoms with Crippen molar-refractivity contribution in [3.05, 3.63) is 46.2 Å². The van der Waals surface area contributed by atoms with Gasteiger partial charge in [0.25, 0.3) is 0 Å². The van der Waals surface area contributed by atoms with Crippen molar-refractivity contribution < 1.29 is 9.53 Å². The molecule has 0 saturated carbocycles. The van der Waals surface area contributed by atoms with Gasteiger partial charge in [0.1, 0.15) is 12.1 Å². The average Bonchev–Trinajstić information content (AvgIpc) is 3.39. The highest BCUT2D eigenvalue weighted by Crippen LogP contribution is 2.44. The molecule has 2 saturated heterocycles. The van der Waals surface area contributed by atoms with Crippen LogP contribution in [-0.2, 0) is 4.74 Å². The number of halogens is 2. The van der Waals surface area contributed by atoms with Gasteiger partial charge in [0.2, 0.25) is 5.91 Å². The van der Waals surface area contributed by atoms with Gasteiger partial charge in [0, 0.05) is 29.4 Å². The summed E-state index contributed by atoms with van der Waals surface area (Å²) in [6.07, 6.45) is 3.33. The van der Waals surface area contributed by atoms with Crippen molar-refractivity contribution in [2.24, 2.45) is 16.9 Å². The zero-order valence-corrected chi connectivity index (χ0v) is 20.3. The highest BCUT2D eigenvalue weighted by molar-refractivity contribution is 7.99. The Morgan fingerprint density at radius 1 is 1.30 bits per heavy atom. The number of amides is 1. The fourth-order valence-electron chi connectivity index (χ4n) is 4.78. The van der Waals surface area contributed by atoms with E-state index < -0.39 is 5.91 Å². The fourth-order valence-corrected chi connectivity index (χ4v) is 6.31. The predicted octanol–water partition coefficient (Wildman–Crippen LogP) is 3.62. The largest absolute Gasteiger partial charge is 0.376 e. The lowest BCUT2D eigenvalue weighted by molar-refractivity contribution is 0.0974. The molecule has 11 heteroatoms. The first kappa shape index (κ1) is 22.7. The quantitative estimate of drug-likeness (QED) is 0.555. The van der Waals surface area contributed by atoms with E-state index in [1.165, 1.54) is 18.1 Å². The maximum atomic E-state index is 12.5. The number of carbonyl (C=O) groups excluding carboxylic acids is 1. The van der Waals surface area contributed by atoms with E-state index in [2.05, 4.69) is 15.0 Å². The third kappa shape index (κ3) is 3.85. The maximum Gasteiger partial charge on any atom is 0.250 e. The number of piperidine rings is 1. The van der Waals surface area contributed by atoms with Crippen molar-refractivity contribution >= 4 is 52.3 Å². The van der Waals surface area contributed by atoms with Crippen LogP contribution in [0, 0.1) is 5.41 Å². The summed E-state index contributed by atoms with van der Waals surface area (Å²) in [7, 11) is 0. The van der Waals surface area contributed by atoms with Crippen molar-refractivity contribution in [1.29, 1.82) is 0 Å². The van der Waals surface area contributed by atoms with Gasteiger partial charge < -0.3 is 21.1 Å². The Kier molecular flexibility index (Phi) is 5.95. The van der Waals surface area contributed by atoms with Crippen LogP contribution in [0.5, 0.6) is 0 Å². The summed E-state index contributed by atoms with van der Waals surface area (Å²) in [4.78, 5) is 20.4. The molecule has 1 aromatic carbocycles. The number of hydrogen-bond donors (Lipinski definition) is 2. The second-order valence-corrected chi connectivity index (χ2v) is 10.5.